The van der Waals surface area contributed by atoms with Crippen molar-refractivity contribution in [1.29, 1.82) is 5.39 Å². The summed E-state index contributed by atoms with van der Waals surface area (Å²) >= 11 is 10.8. The van der Waals surface area contributed by atoms with E-state index in [9.17, 15) is 0 Å². The zero-order chi connectivity index (χ0) is 8.27. The highest BCUT2D eigenvalue weighted by Crippen LogP contribution is 2.30. The predicted molar refractivity (Wildman–Crippen MR) is 45.4 cm³/mol. The van der Waals surface area contributed by atoms with Crippen molar-refractivity contribution in [3.8, 4) is 0 Å². The highest BCUT2D eigenvalue weighted by atomic mass is 35.5. The Hall–Kier alpha value is -0.980. The highest BCUT2D eigenvalue weighted by Gasteiger charge is 2.15. The Labute approximate surface area is 74.0 Å². The standard InChI is InChI=1S/C6H4Cl2N3/c7-11(8)6-4-2-1-3-5(6)10-9/h1-4H/q+1. The summed E-state index contributed by atoms with van der Waals surface area (Å²) in [6.45, 7) is 0. The molecule has 0 aliphatic rings. The van der Waals surface area contributed by atoms with Crippen LogP contribution in [0.15, 0.2) is 24.3 Å². The first kappa shape index (κ1) is 8.12. The van der Waals surface area contributed by atoms with E-state index in [1.165, 1.54) is 0 Å². The Morgan fingerprint density at radius 1 is 1.27 bits per heavy atom. The number of diazo groups is 1. The molecular formula is C6H4Cl2N3+. The van der Waals surface area contributed by atoms with Gasteiger partial charge in [-0.2, -0.15) is 3.94 Å². The molecule has 0 aliphatic heterocycles. The van der Waals surface area contributed by atoms with Crippen molar-refractivity contribution in [2.24, 2.45) is 0 Å². The summed E-state index contributed by atoms with van der Waals surface area (Å²) in [6.07, 6.45) is 0. The van der Waals surface area contributed by atoms with Crippen LogP contribution in [-0.2, 0) is 0 Å². The van der Waals surface area contributed by atoms with E-state index in [1.54, 1.807) is 24.3 Å². The first-order chi connectivity index (χ1) is 5.25. The quantitative estimate of drug-likeness (QED) is 0.501. The average molecular weight is 189 g/mol. The Balaban J connectivity index is 3.15. The van der Waals surface area contributed by atoms with Crippen LogP contribution in [0.25, 0.3) is 4.98 Å². The fourth-order valence-corrected chi connectivity index (χ4v) is 0.978. The summed E-state index contributed by atoms with van der Waals surface area (Å²) in [6, 6.07) is 6.68. The average Bonchev–Trinajstić information content (AvgIpc) is 2.04. The lowest BCUT2D eigenvalue weighted by molar-refractivity contribution is 1.45. The smallest absolute Gasteiger partial charge is 0.186 e. The van der Waals surface area contributed by atoms with Gasteiger partial charge in [-0.15, -0.1) is 0 Å². The Kier molecular flexibility index (Phi) is 2.53. The van der Waals surface area contributed by atoms with Gasteiger partial charge in [-0.1, -0.05) is 12.1 Å². The molecule has 5 heteroatoms. The molecule has 0 spiro atoms. The summed E-state index contributed by atoms with van der Waals surface area (Å²) in [5, 5.41) is 8.45. The van der Waals surface area contributed by atoms with Crippen molar-refractivity contribution < 1.29 is 0 Å². The highest BCUT2D eigenvalue weighted by molar-refractivity contribution is 6.49. The molecule has 0 aliphatic carbocycles. The van der Waals surface area contributed by atoms with Gasteiger partial charge in [0.1, 0.15) is 0 Å². The van der Waals surface area contributed by atoms with E-state index in [-0.39, 0.29) is 0 Å². The van der Waals surface area contributed by atoms with Crippen LogP contribution in [0.4, 0.5) is 11.4 Å². The molecule has 0 amide bonds. The van der Waals surface area contributed by atoms with Crippen molar-refractivity contribution in [3.63, 3.8) is 0 Å². The molecule has 0 heterocycles. The van der Waals surface area contributed by atoms with Gasteiger partial charge in [-0.05, 0) is 6.07 Å². The summed E-state index contributed by atoms with van der Waals surface area (Å²) in [4.78, 5) is 2.98. The summed E-state index contributed by atoms with van der Waals surface area (Å²) in [5.74, 6) is 0. The second kappa shape index (κ2) is 3.42. The van der Waals surface area contributed by atoms with E-state index in [4.69, 9.17) is 28.9 Å². The fraction of sp³-hybridized carbons (Fsp3) is 0. The van der Waals surface area contributed by atoms with Crippen LogP contribution in [-0.4, -0.2) is 0 Å². The molecule has 0 fully saturated rings. The number of hydrogen-bond donors (Lipinski definition) is 0. The van der Waals surface area contributed by atoms with E-state index in [0.29, 0.717) is 11.4 Å². The van der Waals surface area contributed by atoms with Gasteiger partial charge in [-0.25, -0.2) is 0 Å². The molecule has 11 heavy (non-hydrogen) atoms. The molecule has 1 rings (SSSR count). The molecule has 56 valence electrons. The molecule has 0 radical (unpaired) electrons. The molecule has 1 aromatic rings. The summed E-state index contributed by atoms with van der Waals surface area (Å²) in [5.41, 5.74) is 0.774. The maximum atomic E-state index is 8.45. The van der Waals surface area contributed by atoms with Gasteiger partial charge < -0.3 is 0 Å². The van der Waals surface area contributed by atoms with E-state index in [1.807, 2.05) is 0 Å². The molecule has 3 nitrogen and oxygen atoms in total. The second-order valence-corrected chi connectivity index (χ2v) is 2.67. The Bertz CT molecular complexity index is 292. The number of rotatable bonds is 1. The van der Waals surface area contributed by atoms with Crippen LogP contribution < -0.4 is 3.94 Å². The van der Waals surface area contributed by atoms with E-state index in [0.717, 1.165) is 3.94 Å². The maximum absolute atomic E-state index is 8.45. The van der Waals surface area contributed by atoms with Crippen LogP contribution in [0.3, 0.4) is 0 Å². The maximum Gasteiger partial charge on any atom is 0.410 e. The monoisotopic (exact) mass is 188 g/mol. The number of para-hydroxylation sites is 1. The molecule has 1 aromatic carbocycles. The van der Waals surface area contributed by atoms with Gasteiger partial charge in [0.15, 0.2) is 10.7 Å². The van der Waals surface area contributed by atoms with Crippen molar-refractivity contribution in [1.82, 2.24) is 0 Å². The minimum atomic E-state index is 0.331. The van der Waals surface area contributed by atoms with Crippen LogP contribution in [0.2, 0.25) is 0 Å². The van der Waals surface area contributed by atoms with E-state index in [2.05, 4.69) is 4.98 Å². The van der Waals surface area contributed by atoms with Gasteiger partial charge in [-0.3, -0.25) is 0 Å². The Morgan fingerprint density at radius 2 is 1.91 bits per heavy atom. The largest absolute Gasteiger partial charge is 0.410 e. The third-order valence-corrected chi connectivity index (χ3v) is 1.54. The second-order valence-electron chi connectivity index (χ2n) is 1.82. The number of nitrogens with zero attached hydrogens (tertiary/aromatic N) is 3. The number of hydrogen-bond acceptors (Lipinski definition) is 2. The fourth-order valence-electron chi connectivity index (χ4n) is 0.692. The Morgan fingerprint density at radius 3 is 2.36 bits per heavy atom. The summed E-state index contributed by atoms with van der Waals surface area (Å²) < 4.78 is 0.842. The third-order valence-electron chi connectivity index (χ3n) is 1.17. The van der Waals surface area contributed by atoms with Crippen molar-refractivity contribution in [3.05, 3.63) is 29.2 Å². The zero-order valence-electron chi connectivity index (χ0n) is 5.41. The van der Waals surface area contributed by atoms with Crippen LogP contribution in [0.5, 0.6) is 0 Å². The molecule has 0 aromatic heterocycles. The molecule has 0 saturated carbocycles. The number of halogens is 2. The molecule has 0 saturated heterocycles. The lowest BCUT2D eigenvalue weighted by Gasteiger charge is -1.99. The zero-order valence-corrected chi connectivity index (χ0v) is 6.92. The van der Waals surface area contributed by atoms with Crippen molar-refractivity contribution >= 4 is 34.9 Å². The normalized spacial score (nSPS) is 8.82. The minimum Gasteiger partial charge on any atom is -0.186 e. The van der Waals surface area contributed by atoms with Gasteiger partial charge >= 0.3 is 5.69 Å². The molecular weight excluding hydrogens is 185 g/mol. The third kappa shape index (κ3) is 1.73. The van der Waals surface area contributed by atoms with Crippen LogP contribution in [0, 0.1) is 5.39 Å². The van der Waals surface area contributed by atoms with Crippen molar-refractivity contribution in [2.45, 2.75) is 0 Å². The SMILES string of the molecule is N#[N+]c1ccccc1N(Cl)Cl. The number of anilines is 1. The van der Waals surface area contributed by atoms with E-state index >= 15 is 0 Å². The predicted octanol–water partition coefficient (Wildman–Crippen LogP) is 3.29. The topological polar surface area (TPSA) is 31.4 Å². The molecule has 0 N–H and O–H groups in total. The van der Waals surface area contributed by atoms with Gasteiger partial charge in [0.2, 0.25) is 5.39 Å². The van der Waals surface area contributed by atoms with Crippen LogP contribution in [0.1, 0.15) is 0 Å². The molecule has 0 unspecified atom stereocenters. The minimum absolute atomic E-state index is 0.331. The first-order valence-corrected chi connectivity index (χ1v) is 3.49. The van der Waals surface area contributed by atoms with Crippen LogP contribution >= 0.6 is 23.6 Å². The number of benzene rings is 1. The van der Waals surface area contributed by atoms with Gasteiger partial charge in [0.25, 0.3) is 0 Å². The van der Waals surface area contributed by atoms with Crippen molar-refractivity contribution in [2.75, 3.05) is 3.94 Å². The van der Waals surface area contributed by atoms with Gasteiger partial charge in [0, 0.05) is 29.6 Å². The first-order valence-electron chi connectivity index (χ1n) is 2.81. The van der Waals surface area contributed by atoms with E-state index < -0.39 is 0 Å². The lowest BCUT2D eigenvalue weighted by atomic mass is 10.3. The molecule has 0 atom stereocenters. The van der Waals surface area contributed by atoms with Gasteiger partial charge in [0.05, 0.1) is 0 Å². The molecule has 0 bridgehead atoms. The summed E-state index contributed by atoms with van der Waals surface area (Å²) in [7, 11) is 0. The lowest BCUT2D eigenvalue weighted by Crippen LogP contribution is -1.90.